The van der Waals surface area contributed by atoms with Crippen LogP contribution in [-0.2, 0) is 9.63 Å². The zero-order valence-electron chi connectivity index (χ0n) is 7.42. The number of carbonyl (C=O) groups excluding carboxylic acids is 1. The van der Waals surface area contributed by atoms with E-state index in [1.807, 2.05) is 13.8 Å². The predicted molar refractivity (Wildman–Crippen MR) is 49.8 cm³/mol. The maximum Gasteiger partial charge on any atom is 0.260 e. The molecule has 1 unspecified atom stereocenters. The molecule has 0 N–H and O–H groups in total. The Bertz CT molecular complexity index is 162. The Kier molecular flexibility index (Phi) is 3.53. The van der Waals surface area contributed by atoms with Crippen LogP contribution in [-0.4, -0.2) is 28.9 Å². The number of hydrogen-bond donors (Lipinski definition) is 0. The number of alkyl halides is 1. The average Bonchev–Trinajstić information content (AvgIpc) is 2.53. The topological polar surface area (TPSA) is 29.5 Å². The van der Waals surface area contributed by atoms with Crippen LogP contribution in [0.1, 0.15) is 20.3 Å². The van der Waals surface area contributed by atoms with Crippen LogP contribution < -0.4 is 0 Å². The minimum absolute atomic E-state index is 0.0440. The number of carbonyl (C=O) groups is 1. The molecule has 70 valence electrons. The van der Waals surface area contributed by atoms with Crippen molar-refractivity contribution in [1.82, 2.24) is 5.06 Å². The summed E-state index contributed by atoms with van der Waals surface area (Å²) in [5.74, 6) is 0.351. The lowest BCUT2D eigenvalue weighted by Crippen LogP contribution is -2.35. The first-order valence-electron chi connectivity index (χ1n) is 4.21. The molecule has 1 fully saturated rings. The normalized spacial score (nSPS) is 20.2. The molecule has 0 aromatic carbocycles. The summed E-state index contributed by atoms with van der Waals surface area (Å²) in [5.41, 5.74) is 0. The van der Waals surface area contributed by atoms with Crippen molar-refractivity contribution < 1.29 is 9.63 Å². The number of hydroxylamine groups is 2. The molecule has 1 aliphatic heterocycles. The van der Waals surface area contributed by atoms with Gasteiger partial charge in [-0.1, -0.05) is 29.8 Å². The second-order valence-corrected chi connectivity index (χ2v) is 4.26. The van der Waals surface area contributed by atoms with Gasteiger partial charge in [0.15, 0.2) is 0 Å². The zero-order chi connectivity index (χ0) is 9.14. The average molecular weight is 236 g/mol. The summed E-state index contributed by atoms with van der Waals surface area (Å²) in [4.78, 5) is 16.6. The lowest BCUT2D eigenvalue weighted by Gasteiger charge is -2.19. The SMILES string of the molecule is CC(C)C(Br)C(=O)N1CCCO1. The number of amides is 1. The van der Waals surface area contributed by atoms with Crippen LogP contribution in [0.2, 0.25) is 0 Å². The smallest absolute Gasteiger partial charge is 0.260 e. The van der Waals surface area contributed by atoms with Crippen molar-refractivity contribution in [2.45, 2.75) is 25.1 Å². The largest absolute Gasteiger partial charge is 0.271 e. The first kappa shape index (κ1) is 9.99. The predicted octanol–water partition coefficient (Wildman–Crippen LogP) is 1.57. The molecule has 1 atom stereocenters. The van der Waals surface area contributed by atoms with Crippen molar-refractivity contribution in [1.29, 1.82) is 0 Å². The summed E-state index contributed by atoms with van der Waals surface area (Å²) < 4.78 is 0. The van der Waals surface area contributed by atoms with E-state index in [0.717, 1.165) is 13.0 Å². The van der Waals surface area contributed by atoms with E-state index in [0.29, 0.717) is 12.5 Å². The first-order valence-corrected chi connectivity index (χ1v) is 5.13. The first-order chi connectivity index (χ1) is 5.63. The molecule has 1 heterocycles. The summed E-state index contributed by atoms with van der Waals surface area (Å²) in [6, 6.07) is 0. The van der Waals surface area contributed by atoms with Crippen molar-refractivity contribution in [3.05, 3.63) is 0 Å². The molecule has 12 heavy (non-hydrogen) atoms. The van der Waals surface area contributed by atoms with Gasteiger partial charge < -0.3 is 0 Å². The third kappa shape index (κ3) is 2.20. The Morgan fingerprint density at radius 2 is 2.25 bits per heavy atom. The van der Waals surface area contributed by atoms with E-state index in [-0.39, 0.29) is 10.7 Å². The van der Waals surface area contributed by atoms with E-state index in [2.05, 4.69) is 15.9 Å². The zero-order valence-corrected chi connectivity index (χ0v) is 9.00. The Hall–Kier alpha value is -0.0900. The van der Waals surface area contributed by atoms with Gasteiger partial charge in [0.05, 0.1) is 18.0 Å². The lowest BCUT2D eigenvalue weighted by molar-refractivity contribution is -0.168. The number of halogens is 1. The third-order valence-corrected chi connectivity index (χ3v) is 3.27. The molecular formula is C8H14BrNO2. The van der Waals surface area contributed by atoms with Gasteiger partial charge in [0.2, 0.25) is 0 Å². The number of hydrogen-bond acceptors (Lipinski definition) is 2. The molecule has 1 rings (SSSR count). The molecule has 0 aromatic rings. The maximum absolute atomic E-state index is 11.5. The number of nitrogens with zero attached hydrogens (tertiary/aromatic N) is 1. The van der Waals surface area contributed by atoms with Gasteiger partial charge >= 0.3 is 0 Å². The fourth-order valence-electron chi connectivity index (χ4n) is 1.04. The van der Waals surface area contributed by atoms with Crippen LogP contribution in [0, 0.1) is 5.92 Å². The molecule has 0 saturated carbocycles. The van der Waals surface area contributed by atoms with Gasteiger partial charge in [-0.05, 0) is 12.3 Å². The van der Waals surface area contributed by atoms with Gasteiger partial charge in [-0.15, -0.1) is 0 Å². The summed E-state index contributed by atoms with van der Waals surface area (Å²) >= 11 is 3.35. The molecule has 0 aromatic heterocycles. The molecule has 1 saturated heterocycles. The van der Waals surface area contributed by atoms with Crippen molar-refractivity contribution in [2.24, 2.45) is 5.92 Å². The standard InChI is InChI=1S/C8H14BrNO2/c1-6(2)7(9)8(11)10-4-3-5-12-10/h6-7H,3-5H2,1-2H3. The highest BCUT2D eigenvalue weighted by atomic mass is 79.9. The van der Waals surface area contributed by atoms with Crippen LogP contribution in [0.3, 0.4) is 0 Å². The van der Waals surface area contributed by atoms with Gasteiger partial charge in [0.1, 0.15) is 0 Å². The summed E-state index contributed by atoms with van der Waals surface area (Å²) in [6.07, 6.45) is 0.948. The Labute approximate surface area is 81.1 Å². The molecule has 1 aliphatic rings. The Balaban J connectivity index is 2.45. The maximum atomic E-state index is 11.5. The van der Waals surface area contributed by atoms with Crippen LogP contribution >= 0.6 is 15.9 Å². The summed E-state index contributed by atoms with van der Waals surface area (Å²) in [7, 11) is 0. The molecule has 0 aliphatic carbocycles. The third-order valence-electron chi connectivity index (χ3n) is 1.82. The molecule has 0 bridgehead atoms. The summed E-state index contributed by atoms with van der Waals surface area (Å²) in [5, 5.41) is 1.46. The fourth-order valence-corrected chi connectivity index (χ4v) is 1.27. The molecule has 3 nitrogen and oxygen atoms in total. The van der Waals surface area contributed by atoms with Gasteiger partial charge in [0, 0.05) is 0 Å². The van der Waals surface area contributed by atoms with Crippen molar-refractivity contribution >= 4 is 21.8 Å². The molecule has 4 heteroatoms. The van der Waals surface area contributed by atoms with Crippen molar-refractivity contribution in [3.63, 3.8) is 0 Å². The van der Waals surface area contributed by atoms with Gasteiger partial charge in [-0.3, -0.25) is 9.63 Å². The van der Waals surface area contributed by atoms with Crippen LogP contribution in [0.4, 0.5) is 0 Å². The van der Waals surface area contributed by atoms with E-state index in [4.69, 9.17) is 4.84 Å². The quantitative estimate of drug-likeness (QED) is 0.681. The monoisotopic (exact) mass is 235 g/mol. The van der Waals surface area contributed by atoms with Crippen LogP contribution in [0.15, 0.2) is 0 Å². The van der Waals surface area contributed by atoms with Crippen LogP contribution in [0.5, 0.6) is 0 Å². The molecular weight excluding hydrogens is 222 g/mol. The van der Waals surface area contributed by atoms with E-state index in [1.54, 1.807) is 0 Å². The van der Waals surface area contributed by atoms with E-state index >= 15 is 0 Å². The fraction of sp³-hybridized carbons (Fsp3) is 0.875. The van der Waals surface area contributed by atoms with Crippen molar-refractivity contribution in [3.8, 4) is 0 Å². The highest BCUT2D eigenvalue weighted by Crippen LogP contribution is 2.17. The molecule has 0 radical (unpaired) electrons. The van der Waals surface area contributed by atoms with E-state index in [9.17, 15) is 4.79 Å². The highest BCUT2D eigenvalue weighted by molar-refractivity contribution is 9.10. The Morgan fingerprint density at radius 1 is 1.58 bits per heavy atom. The van der Waals surface area contributed by atoms with E-state index in [1.165, 1.54) is 5.06 Å². The lowest BCUT2D eigenvalue weighted by atomic mass is 10.1. The van der Waals surface area contributed by atoms with Gasteiger partial charge in [-0.25, -0.2) is 5.06 Å². The van der Waals surface area contributed by atoms with Gasteiger partial charge in [0.25, 0.3) is 5.91 Å². The van der Waals surface area contributed by atoms with E-state index < -0.39 is 0 Å². The van der Waals surface area contributed by atoms with Gasteiger partial charge in [-0.2, -0.15) is 0 Å². The summed E-state index contributed by atoms with van der Waals surface area (Å²) in [6.45, 7) is 5.41. The van der Waals surface area contributed by atoms with Crippen molar-refractivity contribution in [2.75, 3.05) is 13.2 Å². The minimum atomic E-state index is -0.115. The minimum Gasteiger partial charge on any atom is -0.271 e. The Morgan fingerprint density at radius 3 is 2.67 bits per heavy atom. The number of rotatable bonds is 2. The van der Waals surface area contributed by atoms with Crippen LogP contribution in [0.25, 0.3) is 0 Å². The second-order valence-electron chi connectivity index (χ2n) is 3.27. The highest BCUT2D eigenvalue weighted by Gasteiger charge is 2.27. The molecule has 0 spiro atoms. The molecule has 1 amide bonds. The second kappa shape index (κ2) is 4.23.